The number of nitrogen functional groups attached to an aromatic ring is 1. The van der Waals surface area contributed by atoms with Gasteiger partial charge in [0.1, 0.15) is 12.4 Å². The van der Waals surface area contributed by atoms with Crippen LogP contribution in [0.3, 0.4) is 0 Å². The minimum atomic E-state index is -0.0277. The normalized spacial score (nSPS) is 15.1. The first-order valence-corrected chi connectivity index (χ1v) is 8.55. The molecule has 0 saturated carbocycles. The zero-order chi connectivity index (χ0) is 17.5. The molecule has 2 aromatic carbocycles. The molecule has 0 amide bonds. The Hall–Kier alpha value is -2.28. The van der Waals surface area contributed by atoms with Gasteiger partial charge in [0.2, 0.25) is 0 Å². The molecule has 25 heavy (non-hydrogen) atoms. The van der Waals surface area contributed by atoms with Gasteiger partial charge in [0.05, 0.1) is 32.1 Å². The molecule has 3 N–H and O–H groups in total. The van der Waals surface area contributed by atoms with Gasteiger partial charge in [0.15, 0.2) is 0 Å². The highest BCUT2D eigenvalue weighted by Crippen LogP contribution is 2.33. The maximum atomic E-state index is 9.11. The van der Waals surface area contributed by atoms with Crippen molar-refractivity contribution < 1.29 is 14.6 Å². The second-order valence-electron chi connectivity index (χ2n) is 5.91. The minimum Gasteiger partial charge on any atom is -0.489 e. The Morgan fingerprint density at radius 1 is 1.12 bits per heavy atom. The van der Waals surface area contributed by atoms with Crippen LogP contribution in [0.15, 0.2) is 48.5 Å². The lowest BCUT2D eigenvalue weighted by atomic mass is 10.2. The van der Waals surface area contributed by atoms with E-state index in [9.17, 15) is 0 Å². The molecule has 0 spiro atoms. The first-order valence-electron chi connectivity index (χ1n) is 8.55. The number of nitrogens with zero attached hydrogens (tertiary/aromatic N) is 2. The van der Waals surface area contributed by atoms with E-state index in [0.29, 0.717) is 31.2 Å². The Kier molecular flexibility index (Phi) is 6.11. The predicted molar refractivity (Wildman–Crippen MR) is 98.5 cm³/mol. The van der Waals surface area contributed by atoms with Crippen LogP contribution in [0, 0.1) is 0 Å². The number of aliphatic hydroxyl groups is 1. The van der Waals surface area contributed by atoms with Gasteiger partial charge < -0.3 is 20.3 Å². The van der Waals surface area contributed by atoms with Crippen LogP contribution in [0.25, 0.3) is 0 Å². The summed E-state index contributed by atoms with van der Waals surface area (Å²) in [7, 11) is 0. The van der Waals surface area contributed by atoms with Crippen molar-refractivity contribution in [2.24, 2.45) is 0 Å². The number of hydrogen-bond acceptors (Lipinski definition) is 6. The van der Waals surface area contributed by atoms with E-state index in [1.165, 1.54) is 5.56 Å². The second-order valence-corrected chi connectivity index (χ2v) is 5.91. The van der Waals surface area contributed by atoms with E-state index in [1.54, 1.807) is 0 Å². The van der Waals surface area contributed by atoms with E-state index >= 15 is 0 Å². The molecule has 2 aromatic rings. The fourth-order valence-corrected chi connectivity index (χ4v) is 2.90. The molecule has 6 heteroatoms. The number of hydrogen-bond donors (Lipinski definition) is 2. The quantitative estimate of drug-likeness (QED) is 0.748. The van der Waals surface area contributed by atoms with Crippen molar-refractivity contribution in [3.63, 3.8) is 0 Å². The van der Waals surface area contributed by atoms with Gasteiger partial charge in [-0.2, -0.15) is 0 Å². The molecule has 6 nitrogen and oxygen atoms in total. The van der Waals surface area contributed by atoms with E-state index < -0.39 is 0 Å². The standard InChI is InChI=1S/C19H25N3O3/c20-17-6-7-19(25-13-10-23)18(14-17)22(21-8-11-24-12-9-21)15-16-4-2-1-3-5-16/h1-7,14,23H,8-13,15,20H2. The average molecular weight is 343 g/mol. The molecule has 0 atom stereocenters. The van der Waals surface area contributed by atoms with Crippen LogP contribution in [0.5, 0.6) is 5.75 Å². The molecule has 0 radical (unpaired) electrons. The number of nitrogens with two attached hydrogens (primary N) is 1. The van der Waals surface area contributed by atoms with Crippen LogP contribution < -0.4 is 15.5 Å². The third-order valence-corrected chi connectivity index (χ3v) is 4.11. The van der Waals surface area contributed by atoms with E-state index in [4.69, 9.17) is 20.3 Å². The zero-order valence-electron chi connectivity index (χ0n) is 14.3. The second kappa shape index (κ2) is 8.71. The number of aliphatic hydroxyl groups excluding tert-OH is 1. The van der Waals surface area contributed by atoms with Gasteiger partial charge in [-0.15, -0.1) is 0 Å². The fraction of sp³-hybridized carbons (Fsp3) is 0.368. The third-order valence-electron chi connectivity index (χ3n) is 4.11. The Morgan fingerprint density at radius 2 is 1.88 bits per heavy atom. The Balaban J connectivity index is 1.93. The van der Waals surface area contributed by atoms with Crippen molar-refractivity contribution in [3.8, 4) is 5.75 Å². The fourth-order valence-electron chi connectivity index (χ4n) is 2.90. The van der Waals surface area contributed by atoms with Crippen LogP contribution in [-0.2, 0) is 11.3 Å². The largest absolute Gasteiger partial charge is 0.489 e. The molecule has 134 valence electrons. The van der Waals surface area contributed by atoms with Crippen LogP contribution >= 0.6 is 0 Å². The van der Waals surface area contributed by atoms with Crippen molar-refractivity contribution in [2.75, 3.05) is 50.3 Å². The number of hydrazine groups is 1. The van der Waals surface area contributed by atoms with Gasteiger partial charge in [-0.25, -0.2) is 5.01 Å². The van der Waals surface area contributed by atoms with Crippen LogP contribution in [0.2, 0.25) is 0 Å². The molecule has 1 aliphatic rings. The molecule has 0 bridgehead atoms. The topological polar surface area (TPSA) is 71.2 Å². The molecule has 3 rings (SSSR count). The van der Waals surface area contributed by atoms with Crippen molar-refractivity contribution in [1.82, 2.24) is 5.01 Å². The molecular weight excluding hydrogens is 318 g/mol. The highest BCUT2D eigenvalue weighted by Gasteiger charge is 2.22. The van der Waals surface area contributed by atoms with Crippen LogP contribution in [0.1, 0.15) is 5.56 Å². The minimum absolute atomic E-state index is 0.0277. The van der Waals surface area contributed by atoms with Gasteiger partial charge in [-0.05, 0) is 23.8 Å². The monoisotopic (exact) mass is 343 g/mol. The summed E-state index contributed by atoms with van der Waals surface area (Å²) in [5.74, 6) is 0.714. The SMILES string of the molecule is Nc1ccc(OCCO)c(N(Cc2ccccc2)N2CCOCC2)c1. The van der Waals surface area contributed by atoms with E-state index in [1.807, 2.05) is 36.4 Å². The number of anilines is 2. The van der Waals surface area contributed by atoms with Crippen LogP contribution in [0.4, 0.5) is 11.4 Å². The molecule has 0 unspecified atom stereocenters. The van der Waals surface area contributed by atoms with Crippen molar-refractivity contribution in [3.05, 3.63) is 54.1 Å². The lowest BCUT2D eigenvalue weighted by Crippen LogP contribution is -2.48. The molecule has 1 aliphatic heterocycles. The van der Waals surface area contributed by atoms with Gasteiger partial charge in [-0.3, -0.25) is 5.01 Å². The maximum Gasteiger partial charge on any atom is 0.144 e. The number of morpholine rings is 1. The lowest BCUT2D eigenvalue weighted by molar-refractivity contribution is 0.0303. The molecule has 1 fully saturated rings. The average Bonchev–Trinajstić information content (AvgIpc) is 2.67. The summed E-state index contributed by atoms with van der Waals surface area (Å²) in [5, 5.41) is 13.6. The Labute approximate surface area is 148 Å². The Bertz CT molecular complexity index is 660. The third kappa shape index (κ3) is 4.63. The molecular formula is C19H25N3O3. The van der Waals surface area contributed by atoms with Gasteiger partial charge >= 0.3 is 0 Å². The summed E-state index contributed by atoms with van der Waals surface area (Å²) in [6.45, 7) is 3.93. The summed E-state index contributed by atoms with van der Waals surface area (Å²) in [6, 6.07) is 15.9. The van der Waals surface area contributed by atoms with Crippen molar-refractivity contribution >= 4 is 11.4 Å². The maximum absolute atomic E-state index is 9.11. The van der Waals surface area contributed by atoms with Gasteiger partial charge in [-0.1, -0.05) is 30.3 Å². The summed E-state index contributed by atoms with van der Waals surface area (Å²) in [6.07, 6.45) is 0. The number of benzene rings is 2. The lowest BCUT2D eigenvalue weighted by Gasteiger charge is -2.39. The summed E-state index contributed by atoms with van der Waals surface area (Å²) in [4.78, 5) is 0. The molecule has 1 saturated heterocycles. The van der Waals surface area contributed by atoms with E-state index in [2.05, 4.69) is 22.2 Å². The van der Waals surface area contributed by atoms with E-state index in [-0.39, 0.29) is 13.2 Å². The molecule has 1 heterocycles. The Morgan fingerprint density at radius 3 is 2.60 bits per heavy atom. The smallest absolute Gasteiger partial charge is 0.144 e. The first kappa shape index (κ1) is 17.5. The summed E-state index contributed by atoms with van der Waals surface area (Å²) < 4.78 is 11.2. The van der Waals surface area contributed by atoms with Crippen molar-refractivity contribution in [2.45, 2.75) is 6.54 Å². The number of ether oxygens (including phenoxy) is 2. The summed E-state index contributed by atoms with van der Waals surface area (Å²) >= 11 is 0. The van der Waals surface area contributed by atoms with E-state index in [0.717, 1.165) is 18.8 Å². The van der Waals surface area contributed by atoms with Crippen LogP contribution in [-0.4, -0.2) is 49.6 Å². The van der Waals surface area contributed by atoms with Crippen molar-refractivity contribution in [1.29, 1.82) is 0 Å². The highest BCUT2D eigenvalue weighted by molar-refractivity contribution is 5.64. The molecule has 0 aromatic heterocycles. The first-order chi connectivity index (χ1) is 12.3. The predicted octanol–water partition coefficient (Wildman–Crippen LogP) is 1.89. The number of rotatable bonds is 7. The molecule has 0 aliphatic carbocycles. The summed E-state index contributed by atoms with van der Waals surface area (Å²) in [5.41, 5.74) is 8.82. The van der Waals surface area contributed by atoms with Gasteiger partial charge in [0.25, 0.3) is 0 Å². The highest BCUT2D eigenvalue weighted by atomic mass is 16.5. The zero-order valence-corrected chi connectivity index (χ0v) is 14.3. The van der Waals surface area contributed by atoms with Gasteiger partial charge in [0, 0.05) is 18.8 Å².